The molecule has 0 spiro atoms. The summed E-state index contributed by atoms with van der Waals surface area (Å²) in [4.78, 5) is 27.0. The first-order valence-electron chi connectivity index (χ1n) is 9.77. The minimum atomic E-state index is -0.254. The van der Waals surface area contributed by atoms with Gasteiger partial charge in [-0.2, -0.15) is 0 Å². The minimum Gasteiger partial charge on any atom is -0.497 e. The Bertz CT molecular complexity index is 1030. The number of likely N-dealkylation sites (tertiary alicyclic amines) is 1. The first-order valence-corrected chi connectivity index (χ1v) is 10.6. The van der Waals surface area contributed by atoms with Gasteiger partial charge in [0.25, 0.3) is 11.8 Å². The number of carbonyl (C=O) groups excluding carboxylic acids is 2. The third kappa shape index (κ3) is 4.49. The molecule has 1 aliphatic heterocycles. The Morgan fingerprint density at radius 1 is 1.07 bits per heavy atom. The van der Waals surface area contributed by atoms with Gasteiger partial charge in [0.2, 0.25) is 5.01 Å². The van der Waals surface area contributed by atoms with Crippen molar-refractivity contribution >= 4 is 28.8 Å². The number of rotatable bonds is 5. The molecule has 8 heteroatoms. The van der Waals surface area contributed by atoms with Crippen molar-refractivity contribution in [1.82, 2.24) is 15.1 Å². The normalized spacial score (nSPS) is 14.4. The summed E-state index contributed by atoms with van der Waals surface area (Å²) < 4.78 is 5.21. The van der Waals surface area contributed by atoms with Crippen molar-refractivity contribution in [1.29, 1.82) is 0 Å². The molecular weight excluding hydrogens is 400 g/mol. The van der Waals surface area contributed by atoms with Crippen molar-refractivity contribution in [2.75, 3.05) is 25.5 Å². The Morgan fingerprint density at radius 2 is 1.83 bits per heavy atom. The van der Waals surface area contributed by atoms with Crippen LogP contribution in [0.3, 0.4) is 0 Å². The summed E-state index contributed by atoms with van der Waals surface area (Å²) in [7, 11) is 1.59. The van der Waals surface area contributed by atoms with Crippen LogP contribution in [0.1, 0.15) is 43.9 Å². The number of hydrogen-bond acceptors (Lipinski definition) is 6. The lowest BCUT2D eigenvalue weighted by Gasteiger charge is -2.31. The smallest absolute Gasteiger partial charge is 0.286 e. The molecule has 7 nitrogen and oxygen atoms in total. The lowest BCUT2D eigenvalue weighted by Crippen LogP contribution is -2.37. The quantitative estimate of drug-likeness (QED) is 0.676. The maximum atomic E-state index is 12.8. The summed E-state index contributed by atoms with van der Waals surface area (Å²) in [5, 5.41) is 12.3. The van der Waals surface area contributed by atoms with Crippen LogP contribution in [0, 0.1) is 0 Å². The Labute approximate surface area is 178 Å². The topological polar surface area (TPSA) is 84.4 Å². The second-order valence-electron chi connectivity index (χ2n) is 7.06. The molecular formula is C22H22N4O3S. The van der Waals surface area contributed by atoms with E-state index in [0.717, 1.165) is 23.5 Å². The zero-order valence-corrected chi connectivity index (χ0v) is 17.4. The van der Waals surface area contributed by atoms with E-state index >= 15 is 0 Å². The van der Waals surface area contributed by atoms with Crippen molar-refractivity contribution < 1.29 is 14.3 Å². The number of carbonyl (C=O) groups is 2. The van der Waals surface area contributed by atoms with Gasteiger partial charge >= 0.3 is 0 Å². The number of benzene rings is 2. The molecule has 2 heterocycles. The highest BCUT2D eigenvalue weighted by molar-refractivity contribution is 7.13. The van der Waals surface area contributed by atoms with Crippen LogP contribution in [0.15, 0.2) is 54.6 Å². The molecule has 0 unspecified atom stereocenters. The number of hydrogen-bond donors (Lipinski definition) is 1. The summed E-state index contributed by atoms with van der Waals surface area (Å²) in [5.41, 5.74) is 1.35. The van der Waals surface area contributed by atoms with Crippen LogP contribution in [0.2, 0.25) is 0 Å². The standard InChI is InChI=1S/C22H22N4O3S/c1-29-18-9-5-6-16(14-18)22(28)26-12-10-15(11-13-26)20-24-25-21(30-20)19(27)23-17-7-3-2-4-8-17/h2-9,14-15H,10-13H2,1H3,(H,23,27). The molecule has 1 aliphatic rings. The third-order valence-electron chi connectivity index (χ3n) is 5.11. The van der Waals surface area contributed by atoms with Crippen LogP contribution in [0.25, 0.3) is 0 Å². The molecule has 0 saturated carbocycles. The number of amides is 2. The molecule has 1 aromatic heterocycles. The molecule has 1 saturated heterocycles. The number of nitrogens with zero attached hydrogens (tertiary/aromatic N) is 3. The summed E-state index contributed by atoms with van der Waals surface area (Å²) in [6.07, 6.45) is 1.59. The predicted molar refractivity (Wildman–Crippen MR) is 115 cm³/mol. The molecule has 0 radical (unpaired) electrons. The van der Waals surface area contributed by atoms with Crippen LogP contribution < -0.4 is 10.1 Å². The molecule has 0 aliphatic carbocycles. The zero-order valence-electron chi connectivity index (χ0n) is 16.6. The molecule has 4 rings (SSSR count). The summed E-state index contributed by atoms with van der Waals surface area (Å²) in [6.45, 7) is 1.29. The van der Waals surface area contributed by atoms with E-state index in [4.69, 9.17) is 4.74 Å². The lowest BCUT2D eigenvalue weighted by molar-refractivity contribution is 0.0712. The molecule has 2 amide bonds. The highest BCUT2D eigenvalue weighted by Gasteiger charge is 2.27. The second kappa shape index (κ2) is 9.04. The fourth-order valence-corrected chi connectivity index (χ4v) is 4.37. The fourth-order valence-electron chi connectivity index (χ4n) is 3.47. The predicted octanol–water partition coefficient (Wildman–Crippen LogP) is 3.82. The molecule has 30 heavy (non-hydrogen) atoms. The lowest BCUT2D eigenvalue weighted by atomic mass is 9.97. The highest BCUT2D eigenvalue weighted by Crippen LogP contribution is 2.31. The van der Waals surface area contributed by atoms with E-state index in [2.05, 4.69) is 15.5 Å². The van der Waals surface area contributed by atoms with Crippen LogP contribution in [-0.2, 0) is 0 Å². The molecule has 1 N–H and O–H groups in total. The number of para-hydroxylation sites is 1. The van der Waals surface area contributed by atoms with Gasteiger partial charge in [0.1, 0.15) is 10.8 Å². The third-order valence-corrected chi connectivity index (χ3v) is 6.20. The Morgan fingerprint density at radius 3 is 2.57 bits per heavy atom. The van der Waals surface area contributed by atoms with Crippen molar-refractivity contribution in [2.45, 2.75) is 18.8 Å². The van der Waals surface area contributed by atoms with Gasteiger partial charge in [-0.05, 0) is 43.2 Å². The van der Waals surface area contributed by atoms with Crippen LogP contribution in [0.5, 0.6) is 5.75 Å². The summed E-state index contributed by atoms with van der Waals surface area (Å²) >= 11 is 1.32. The van der Waals surface area contributed by atoms with E-state index in [9.17, 15) is 9.59 Å². The molecule has 0 atom stereocenters. The molecule has 154 valence electrons. The molecule has 3 aromatic rings. The largest absolute Gasteiger partial charge is 0.497 e. The maximum Gasteiger partial charge on any atom is 0.286 e. The van der Waals surface area contributed by atoms with Gasteiger partial charge in [0.15, 0.2) is 0 Å². The van der Waals surface area contributed by atoms with Crippen LogP contribution >= 0.6 is 11.3 Å². The Hall–Kier alpha value is -3.26. The molecule has 2 aromatic carbocycles. The minimum absolute atomic E-state index is 0.00698. The van der Waals surface area contributed by atoms with Gasteiger partial charge in [-0.1, -0.05) is 35.6 Å². The van der Waals surface area contributed by atoms with Gasteiger partial charge in [-0.25, -0.2) is 0 Å². The van der Waals surface area contributed by atoms with Crippen LogP contribution in [0.4, 0.5) is 5.69 Å². The van der Waals surface area contributed by atoms with Crippen molar-refractivity contribution in [2.24, 2.45) is 0 Å². The second-order valence-corrected chi connectivity index (χ2v) is 8.07. The number of nitrogens with one attached hydrogen (secondary N) is 1. The summed E-state index contributed by atoms with van der Waals surface area (Å²) in [5.74, 6) is 0.629. The summed E-state index contributed by atoms with van der Waals surface area (Å²) in [6, 6.07) is 16.5. The number of anilines is 1. The van der Waals surface area contributed by atoms with E-state index in [1.165, 1.54) is 11.3 Å². The Kier molecular flexibility index (Phi) is 6.04. The van der Waals surface area contributed by atoms with E-state index in [0.29, 0.717) is 29.4 Å². The van der Waals surface area contributed by atoms with Crippen LogP contribution in [-0.4, -0.2) is 47.1 Å². The molecule has 1 fully saturated rings. The van der Waals surface area contributed by atoms with Crippen molar-refractivity contribution in [3.63, 3.8) is 0 Å². The number of aromatic nitrogens is 2. The van der Waals surface area contributed by atoms with E-state index < -0.39 is 0 Å². The highest BCUT2D eigenvalue weighted by atomic mass is 32.1. The van der Waals surface area contributed by atoms with E-state index in [-0.39, 0.29) is 17.7 Å². The first kappa shape index (κ1) is 20.0. The first-order chi connectivity index (χ1) is 14.6. The van der Waals surface area contributed by atoms with Gasteiger partial charge in [0, 0.05) is 30.3 Å². The average Bonchev–Trinajstić information content (AvgIpc) is 3.30. The average molecular weight is 423 g/mol. The zero-order chi connectivity index (χ0) is 20.9. The number of ether oxygens (including phenoxy) is 1. The monoisotopic (exact) mass is 422 g/mol. The molecule has 0 bridgehead atoms. The number of piperidine rings is 1. The van der Waals surface area contributed by atoms with Crippen molar-refractivity contribution in [3.8, 4) is 5.75 Å². The Balaban J connectivity index is 1.35. The van der Waals surface area contributed by atoms with Gasteiger partial charge < -0.3 is 15.0 Å². The van der Waals surface area contributed by atoms with Gasteiger partial charge in [-0.3, -0.25) is 9.59 Å². The van der Waals surface area contributed by atoms with Crippen molar-refractivity contribution in [3.05, 3.63) is 70.2 Å². The van der Waals surface area contributed by atoms with E-state index in [1.54, 1.807) is 19.2 Å². The maximum absolute atomic E-state index is 12.8. The fraction of sp³-hybridized carbons (Fsp3) is 0.273. The van der Waals surface area contributed by atoms with Gasteiger partial charge in [0.05, 0.1) is 7.11 Å². The van der Waals surface area contributed by atoms with Gasteiger partial charge in [-0.15, -0.1) is 10.2 Å². The SMILES string of the molecule is COc1cccc(C(=O)N2CCC(c3nnc(C(=O)Nc4ccccc4)s3)CC2)c1. The number of methoxy groups -OCH3 is 1. The van der Waals surface area contributed by atoms with E-state index in [1.807, 2.05) is 47.4 Å².